The summed E-state index contributed by atoms with van der Waals surface area (Å²) in [6, 6.07) is 13.1. The molecule has 0 bridgehead atoms. The average molecular weight is 388 g/mol. The largest absolute Gasteiger partial charge is 0.507 e. The summed E-state index contributed by atoms with van der Waals surface area (Å²) < 4.78 is 5.96. The zero-order chi connectivity index (χ0) is 17.3. The van der Waals surface area contributed by atoms with Crippen LogP contribution in [0.4, 0.5) is 0 Å². The van der Waals surface area contributed by atoms with Crippen LogP contribution in [0.15, 0.2) is 58.6 Å². The van der Waals surface area contributed by atoms with Gasteiger partial charge in [-0.05, 0) is 42.0 Å². The fourth-order valence-electron chi connectivity index (χ4n) is 2.58. The van der Waals surface area contributed by atoms with Crippen LogP contribution in [0.1, 0.15) is 17.2 Å². The molecule has 1 saturated heterocycles. The van der Waals surface area contributed by atoms with Crippen molar-refractivity contribution in [3.8, 4) is 5.75 Å². The number of ether oxygens (including phenoxy) is 1. The van der Waals surface area contributed by atoms with Gasteiger partial charge in [0, 0.05) is 10.0 Å². The normalized spacial score (nSPS) is 19.2. The van der Waals surface area contributed by atoms with Gasteiger partial charge < -0.3 is 15.2 Å². The Morgan fingerprint density at radius 2 is 1.71 bits per heavy atom. The fraction of sp³-hybridized carbons (Fsp3) is 0.111. The lowest BCUT2D eigenvalue weighted by molar-refractivity contribution is -0.133. The van der Waals surface area contributed by atoms with Crippen molar-refractivity contribution in [2.45, 2.75) is 6.04 Å². The van der Waals surface area contributed by atoms with E-state index in [1.807, 2.05) is 12.1 Å². The minimum Gasteiger partial charge on any atom is -0.507 e. The van der Waals surface area contributed by atoms with Gasteiger partial charge in [-0.1, -0.05) is 28.1 Å². The van der Waals surface area contributed by atoms with Gasteiger partial charge in [-0.15, -0.1) is 0 Å². The van der Waals surface area contributed by atoms with Crippen LogP contribution in [0.25, 0.3) is 5.76 Å². The Morgan fingerprint density at radius 1 is 1.08 bits per heavy atom. The number of benzene rings is 2. The Hall–Kier alpha value is -2.60. The summed E-state index contributed by atoms with van der Waals surface area (Å²) >= 11 is 3.34. The Labute approximate surface area is 147 Å². The first kappa shape index (κ1) is 16.3. The van der Waals surface area contributed by atoms with Crippen molar-refractivity contribution < 1.29 is 19.4 Å². The van der Waals surface area contributed by atoms with Crippen molar-refractivity contribution in [1.82, 2.24) is 5.32 Å². The Morgan fingerprint density at radius 3 is 2.29 bits per heavy atom. The number of carbonyl (C=O) groups is 2. The highest BCUT2D eigenvalue weighted by Crippen LogP contribution is 2.33. The van der Waals surface area contributed by atoms with E-state index < -0.39 is 17.7 Å². The molecular formula is C18H14BrNO4. The van der Waals surface area contributed by atoms with Gasteiger partial charge in [0.05, 0.1) is 18.7 Å². The summed E-state index contributed by atoms with van der Waals surface area (Å²) in [6.07, 6.45) is 0. The van der Waals surface area contributed by atoms with Crippen LogP contribution < -0.4 is 10.1 Å². The number of aliphatic hydroxyl groups is 1. The topological polar surface area (TPSA) is 75.6 Å². The lowest BCUT2D eigenvalue weighted by Gasteiger charge is -2.14. The van der Waals surface area contributed by atoms with E-state index >= 15 is 0 Å². The van der Waals surface area contributed by atoms with Gasteiger partial charge in [-0.2, -0.15) is 0 Å². The molecule has 0 spiro atoms. The van der Waals surface area contributed by atoms with Crippen molar-refractivity contribution in [1.29, 1.82) is 0 Å². The third-order valence-corrected chi connectivity index (χ3v) is 4.37. The molecule has 1 aliphatic heterocycles. The highest BCUT2D eigenvalue weighted by atomic mass is 79.9. The van der Waals surface area contributed by atoms with Crippen LogP contribution in [0.3, 0.4) is 0 Å². The summed E-state index contributed by atoms with van der Waals surface area (Å²) in [4.78, 5) is 24.1. The average Bonchev–Trinajstić information content (AvgIpc) is 2.90. The van der Waals surface area contributed by atoms with E-state index in [4.69, 9.17) is 4.74 Å². The molecule has 24 heavy (non-hydrogen) atoms. The minimum absolute atomic E-state index is 0.0486. The number of halogens is 1. The summed E-state index contributed by atoms with van der Waals surface area (Å²) in [5.41, 5.74) is 1.21. The standard InChI is InChI=1S/C18H14BrNO4/c1-24-13-8-4-11(5-9-13)16(21)14-15(20-18(23)17(14)22)10-2-6-12(19)7-3-10/h2-9,15,21H,1H3,(H,20,23)/b16-14+/t15-/m0/s1. The van der Waals surface area contributed by atoms with E-state index in [0.29, 0.717) is 16.9 Å². The number of rotatable bonds is 3. The van der Waals surface area contributed by atoms with Gasteiger partial charge in [-0.25, -0.2) is 0 Å². The molecular weight excluding hydrogens is 374 g/mol. The molecule has 1 heterocycles. The van der Waals surface area contributed by atoms with E-state index in [2.05, 4.69) is 21.2 Å². The monoisotopic (exact) mass is 387 g/mol. The number of aliphatic hydroxyl groups excluding tert-OH is 1. The third kappa shape index (κ3) is 2.92. The van der Waals surface area contributed by atoms with Crippen LogP contribution in [0, 0.1) is 0 Å². The van der Waals surface area contributed by atoms with Crippen molar-refractivity contribution in [2.75, 3.05) is 7.11 Å². The number of amides is 1. The van der Waals surface area contributed by atoms with Gasteiger partial charge in [0.15, 0.2) is 0 Å². The molecule has 0 radical (unpaired) electrons. The maximum absolute atomic E-state index is 12.2. The molecule has 0 saturated carbocycles. The van der Waals surface area contributed by atoms with Crippen LogP contribution >= 0.6 is 15.9 Å². The van der Waals surface area contributed by atoms with E-state index in [0.717, 1.165) is 4.47 Å². The summed E-state index contributed by atoms with van der Waals surface area (Å²) in [7, 11) is 1.54. The second-order valence-electron chi connectivity index (χ2n) is 5.28. The summed E-state index contributed by atoms with van der Waals surface area (Å²) in [6.45, 7) is 0. The smallest absolute Gasteiger partial charge is 0.293 e. The Balaban J connectivity index is 2.07. The molecule has 122 valence electrons. The third-order valence-electron chi connectivity index (χ3n) is 3.84. The van der Waals surface area contributed by atoms with Gasteiger partial charge in [0.25, 0.3) is 11.7 Å². The number of hydrogen-bond donors (Lipinski definition) is 2. The van der Waals surface area contributed by atoms with E-state index in [-0.39, 0.29) is 11.3 Å². The number of methoxy groups -OCH3 is 1. The molecule has 0 aromatic heterocycles. The molecule has 3 rings (SSSR count). The first-order chi connectivity index (χ1) is 11.5. The molecule has 1 aliphatic rings. The quantitative estimate of drug-likeness (QED) is 0.481. The summed E-state index contributed by atoms with van der Waals surface area (Å²) in [5, 5.41) is 13.2. The molecule has 2 aromatic rings. The molecule has 1 amide bonds. The lowest BCUT2D eigenvalue weighted by Crippen LogP contribution is -2.21. The van der Waals surface area contributed by atoms with Gasteiger partial charge >= 0.3 is 0 Å². The van der Waals surface area contributed by atoms with Gasteiger partial charge in [0.2, 0.25) is 0 Å². The number of carbonyl (C=O) groups excluding carboxylic acids is 2. The first-order valence-electron chi connectivity index (χ1n) is 7.19. The zero-order valence-corrected chi connectivity index (χ0v) is 14.3. The van der Waals surface area contributed by atoms with Crippen LogP contribution in [0.2, 0.25) is 0 Å². The second kappa shape index (κ2) is 6.49. The Kier molecular flexibility index (Phi) is 4.40. The molecule has 5 nitrogen and oxygen atoms in total. The van der Waals surface area contributed by atoms with Crippen LogP contribution in [-0.4, -0.2) is 23.9 Å². The summed E-state index contributed by atoms with van der Waals surface area (Å²) in [5.74, 6) is -1.03. The molecule has 0 aliphatic carbocycles. The van der Waals surface area contributed by atoms with E-state index in [1.165, 1.54) is 0 Å². The Bertz CT molecular complexity index is 825. The van der Waals surface area contributed by atoms with Crippen LogP contribution in [0.5, 0.6) is 5.75 Å². The lowest BCUT2D eigenvalue weighted by atomic mass is 9.96. The number of ketones is 1. The van der Waals surface area contributed by atoms with E-state index in [9.17, 15) is 14.7 Å². The van der Waals surface area contributed by atoms with Gasteiger partial charge in [-0.3, -0.25) is 9.59 Å². The second-order valence-corrected chi connectivity index (χ2v) is 6.19. The molecule has 2 N–H and O–H groups in total. The van der Waals surface area contributed by atoms with Crippen molar-refractivity contribution >= 4 is 33.4 Å². The predicted molar refractivity (Wildman–Crippen MR) is 92.6 cm³/mol. The molecule has 6 heteroatoms. The van der Waals surface area contributed by atoms with Crippen molar-refractivity contribution in [3.63, 3.8) is 0 Å². The number of hydrogen-bond acceptors (Lipinski definition) is 4. The number of nitrogens with one attached hydrogen (secondary N) is 1. The van der Waals surface area contributed by atoms with Gasteiger partial charge in [0.1, 0.15) is 11.5 Å². The van der Waals surface area contributed by atoms with E-state index in [1.54, 1.807) is 43.5 Å². The highest BCUT2D eigenvalue weighted by molar-refractivity contribution is 9.10. The maximum Gasteiger partial charge on any atom is 0.293 e. The minimum atomic E-state index is -0.726. The van der Waals surface area contributed by atoms with Crippen LogP contribution in [-0.2, 0) is 9.59 Å². The predicted octanol–water partition coefficient (Wildman–Crippen LogP) is 3.17. The van der Waals surface area contributed by atoms with Crippen molar-refractivity contribution in [3.05, 3.63) is 69.7 Å². The first-order valence-corrected chi connectivity index (χ1v) is 7.98. The van der Waals surface area contributed by atoms with Crippen molar-refractivity contribution in [2.24, 2.45) is 0 Å². The fourth-order valence-corrected chi connectivity index (χ4v) is 2.84. The molecule has 2 aromatic carbocycles. The molecule has 1 atom stereocenters. The highest BCUT2D eigenvalue weighted by Gasteiger charge is 2.39. The zero-order valence-electron chi connectivity index (χ0n) is 12.7. The maximum atomic E-state index is 12.2. The molecule has 1 fully saturated rings. The number of Topliss-reactive ketones (excluding diaryl/α,β-unsaturated/α-hetero) is 1. The molecule has 0 unspecified atom stereocenters. The SMILES string of the molecule is COc1ccc(/C(O)=C2\C(=O)C(=O)N[C@H]2c2ccc(Br)cc2)cc1.